The van der Waals surface area contributed by atoms with Gasteiger partial charge in [0.25, 0.3) is 0 Å². The van der Waals surface area contributed by atoms with Gasteiger partial charge in [0.1, 0.15) is 18.1 Å². The first-order valence-electron chi connectivity index (χ1n) is 8.40. The molecule has 2 aromatic rings. The summed E-state index contributed by atoms with van der Waals surface area (Å²) in [6.07, 6.45) is 0.665. The van der Waals surface area contributed by atoms with Crippen LogP contribution in [0.5, 0.6) is 11.5 Å². The molecule has 5 heteroatoms. The van der Waals surface area contributed by atoms with Crippen molar-refractivity contribution in [3.05, 3.63) is 53.6 Å². The van der Waals surface area contributed by atoms with Crippen molar-refractivity contribution in [2.24, 2.45) is 5.92 Å². The van der Waals surface area contributed by atoms with E-state index in [1.807, 2.05) is 61.5 Å². The average molecular weight is 340 g/mol. The molecule has 1 unspecified atom stereocenters. The number of ether oxygens (including phenoxy) is 2. The van der Waals surface area contributed by atoms with E-state index in [9.17, 15) is 4.79 Å². The van der Waals surface area contributed by atoms with Crippen LogP contribution in [-0.2, 0) is 17.8 Å². The van der Waals surface area contributed by atoms with Gasteiger partial charge in [0.2, 0.25) is 5.91 Å². The van der Waals surface area contributed by atoms with Gasteiger partial charge >= 0.3 is 0 Å². The lowest BCUT2D eigenvalue weighted by atomic mass is 9.95. The van der Waals surface area contributed by atoms with Gasteiger partial charge in [-0.3, -0.25) is 4.79 Å². The molecule has 1 amide bonds. The summed E-state index contributed by atoms with van der Waals surface area (Å²) >= 11 is 0. The first-order valence-corrected chi connectivity index (χ1v) is 8.40. The number of nitrogens with zero attached hydrogens (tertiary/aromatic N) is 1. The van der Waals surface area contributed by atoms with Crippen LogP contribution in [0.4, 0.5) is 5.69 Å². The average Bonchev–Trinajstić information content (AvgIpc) is 2.65. The van der Waals surface area contributed by atoms with Gasteiger partial charge < -0.3 is 19.7 Å². The Morgan fingerprint density at radius 2 is 2.00 bits per heavy atom. The number of methoxy groups -OCH3 is 1. The predicted octanol–water partition coefficient (Wildman–Crippen LogP) is 2.63. The Morgan fingerprint density at radius 3 is 2.68 bits per heavy atom. The molecule has 0 aliphatic carbocycles. The molecule has 5 nitrogen and oxygen atoms in total. The maximum Gasteiger partial charge on any atom is 0.227 e. The van der Waals surface area contributed by atoms with E-state index >= 15 is 0 Å². The fraction of sp³-hybridized carbons (Fsp3) is 0.350. The van der Waals surface area contributed by atoms with E-state index in [2.05, 4.69) is 5.32 Å². The van der Waals surface area contributed by atoms with Crippen LogP contribution in [0.1, 0.15) is 11.1 Å². The number of anilines is 1. The number of hydrogen-bond acceptors (Lipinski definition) is 4. The molecule has 0 saturated heterocycles. The number of fused-ring (bicyclic) bond motifs is 1. The SMILES string of the molecule is COc1ccc2c(c1)CC(C(=O)NCc1ccc(N(C)C)cc1)CO2. The fourth-order valence-corrected chi connectivity index (χ4v) is 2.91. The zero-order chi connectivity index (χ0) is 17.8. The number of benzene rings is 2. The highest BCUT2D eigenvalue weighted by Gasteiger charge is 2.26. The van der Waals surface area contributed by atoms with Crippen molar-refractivity contribution < 1.29 is 14.3 Å². The highest BCUT2D eigenvalue weighted by Crippen LogP contribution is 2.30. The van der Waals surface area contributed by atoms with Crippen LogP contribution in [0.3, 0.4) is 0 Å². The van der Waals surface area contributed by atoms with Crippen molar-refractivity contribution >= 4 is 11.6 Å². The topological polar surface area (TPSA) is 50.8 Å². The minimum Gasteiger partial charge on any atom is -0.497 e. The molecule has 0 radical (unpaired) electrons. The molecule has 0 bridgehead atoms. The van der Waals surface area contributed by atoms with Crippen molar-refractivity contribution in [3.63, 3.8) is 0 Å². The second-order valence-corrected chi connectivity index (χ2v) is 6.46. The van der Waals surface area contributed by atoms with E-state index in [-0.39, 0.29) is 11.8 Å². The van der Waals surface area contributed by atoms with E-state index in [0.29, 0.717) is 19.6 Å². The van der Waals surface area contributed by atoms with E-state index in [0.717, 1.165) is 28.3 Å². The Morgan fingerprint density at radius 1 is 1.24 bits per heavy atom. The zero-order valence-electron chi connectivity index (χ0n) is 14.9. The van der Waals surface area contributed by atoms with Crippen LogP contribution in [0.15, 0.2) is 42.5 Å². The Hall–Kier alpha value is -2.69. The summed E-state index contributed by atoms with van der Waals surface area (Å²) in [5.41, 5.74) is 3.24. The summed E-state index contributed by atoms with van der Waals surface area (Å²) in [5.74, 6) is 1.46. The molecule has 2 aromatic carbocycles. The molecule has 1 heterocycles. The number of amides is 1. The predicted molar refractivity (Wildman–Crippen MR) is 98.3 cm³/mol. The van der Waals surface area contributed by atoms with Crippen molar-refractivity contribution in [3.8, 4) is 11.5 Å². The zero-order valence-corrected chi connectivity index (χ0v) is 14.9. The standard InChI is InChI=1S/C20H24N2O3/c1-22(2)17-6-4-14(5-7-17)12-21-20(23)16-10-15-11-18(24-3)8-9-19(15)25-13-16/h4-9,11,16H,10,12-13H2,1-3H3,(H,21,23). The third-order valence-corrected chi connectivity index (χ3v) is 4.46. The lowest BCUT2D eigenvalue weighted by molar-refractivity contribution is -0.126. The number of carbonyl (C=O) groups is 1. The number of carbonyl (C=O) groups excluding carboxylic acids is 1. The molecular formula is C20H24N2O3. The largest absolute Gasteiger partial charge is 0.497 e. The Balaban J connectivity index is 1.58. The van der Waals surface area contributed by atoms with Crippen LogP contribution in [-0.4, -0.2) is 33.7 Å². The molecule has 1 atom stereocenters. The molecule has 3 rings (SSSR count). The summed E-state index contributed by atoms with van der Waals surface area (Å²) in [6, 6.07) is 13.9. The smallest absolute Gasteiger partial charge is 0.227 e. The maximum absolute atomic E-state index is 12.5. The first-order chi connectivity index (χ1) is 12.1. The van der Waals surface area contributed by atoms with Gasteiger partial charge in [-0.25, -0.2) is 0 Å². The first kappa shape index (κ1) is 17.1. The molecule has 0 fully saturated rings. The van der Waals surface area contributed by atoms with Gasteiger partial charge in [-0.05, 0) is 47.9 Å². The van der Waals surface area contributed by atoms with Gasteiger partial charge in [-0.2, -0.15) is 0 Å². The van der Waals surface area contributed by atoms with Crippen molar-refractivity contribution in [1.29, 1.82) is 0 Å². The van der Waals surface area contributed by atoms with Crippen molar-refractivity contribution in [2.45, 2.75) is 13.0 Å². The van der Waals surface area contributed by atoms with E-state index in [4.69, 9.17) is 9.47 Å². The molecule has 0 aromatic heterocycles. The fourth-order valence-electron chi connectivity index (χ4n) is 2.91. The van der Waals surface area contributed by atoms with Crippen molar-refractivity contribution in [2.75, 3.05) is 32.7 Å². The van der Waals surface area contributed by atoms with Crippen LogP contribution >= 0.6 is 0 Å². The number of rotatable bonds is 5. The second-order valence-electron chi connectivity index (χ2n) is 6.46. The number of nitrogens with one attached hydrogen (secondary N) is 1. The summed E-state index contributed by atoms with van der Waals surface area (Å²) < 4.78 is 11.0. The summed E-state index contributed by atoms with van der Waals surface area (Å²) in [4.78, 5) is 14.5. The van der Waals surface area contributed by atoms with Gasteiger partial charge in [0, 0.05) is 26.3 Å². The minimum atomic E-state index is -0.180. The third-order valence-electron chi connectivity index (χ3n) is 4.46. The molecule has 1 aliphatic rings. The van der Waals surface area contributed by atoms with Gasteiger partial charge in [0.05, 0.1) is 13.0 Å². The summed E-state index contributed by atoms with van der Waals surface area (Å²) in [5, 5.41) is 3.01. The van der Waals surface area contributed by atoms with Crippen molar-refractivity contribution in [1.82, 2.24) is 5.32 Å². The molecule has 25 heavy (non-hydrogen) atoms. The molecule has 1 N–H and O–H groups in total. The molecule has 1 aliphatic heterocycles. The molecule has 0 saturated carbocycles. The number of hydrogen-bond donors (Lipinski definition) is 1. The van der Waals surface area contributed by atoms with E-state index in [1.165, 1.54) is 0 Å². The van der Waals surface area contributed by atoms with Crippen LogP contribution in [0.2, 0.25) is 0 Å². The third kappa shape index (κ3) is 4.05. The quantitative estimate of drug-likeness (QED) is 0.909. The maximum atomic E-state index is 12.5. The highest BCUT2D eigenvalue weighted by atomic mass is 16.5. The lowest BCUT2D eigenvalue weighted by Crippen LogP contribution is -2.37. The summed E-state index contributed by atoms with van der Waals surface area (Å²) in [6.45, 7) is 0.929. The monoisotopic (exact) mass is 340 g/mol. The molecular weight excluding hydrogens is 316 g/mol. The molecule has 132 valence electrons. The van der Waals surface area contributed by atoms with Gasteiger partial charge in [0.15, 0.2) is 0 Å². The van der Waals surface area contributed by atoms with E-state index in [1.54, 1.807) is 7.11 Å². The van der Waals surface area contributed by atoms with E-state index < -0.39 is 0 Å². The lowest BCUT2D eigenvalue weighted by Gasteiger charge is -2.25. The minimum absolute atomic E-state index is 0.0187. The Labute approximate surface area is 148 Å². The van der Waals surface area contributed by atoms with Crippen LogP contribution < -0.4 is 19.7 Å². The highest BCUT2D eigenvalue weighted by molar-refractivity contribution is 5.79. The van der Waals surface area contributed by atoms with Crippen LogP contribution in [0.25, 0.3) is 0 Å². The van der Waals surface area contributed by atoms with Gasteiger partial charge in [-0.15, -0.1) is 0 Å². The van der Waals surface area contributed by atoms with Gasteiger partial charge in [-0.1, -0.05) is 12.1 Å². The summed E-state index contributed by atoms with van der Waals surface area (Å²) in [7, 11) is 5.65. The second kappa shape index (κ2) is 7.47. The molecule has 0 spiro atoms. The Kier molecular flexibility index (Phi) is 5.12. The normalized spacial score (nSPS) is 15.7. The van der Waals surface area contributed by atoms with Crippen LogP contribution in [0, 0.1) is 5.92 Å². The Bertz CT molecular complexity index is 741.